The van der Waals surface area contributed by atoms with E-state index in [2.05, 4.69) is 45.4 Å². The van der Waals surface area contributed by atoms with Gasteiger partial charge in [0.25, 0.3) is 0 Å². The summed E-state index contributed by atoms with van der Waals surface area (Å²) < 4.78 is 2.11. The largest absolute Gasteiger partial charge is 0.362 e. The van der Waals surface area contributed by atoms with Crippen LogP contribution in [0.4, 0.5) is 11.8 Å². The highest BCUT2D eigenvalue weighted by atomic mass is 15.3. The Morgan fingerprint density at radius 2 is 1.81 bits per heavy atom. The quantitative estimate of drug-likeness (QED) is 0.828. The molecule has 0 spiro atoms. The average molecular weight is 355 g/mol. The van der Waals surface area contributed by atoms with Crippen molar-refractivity contribution in [2.75, 3.05) is 50.1 Å². The maximum absolute atomic E-state index is 4.99. The molecule has 1 fully saturated rings. The van der Waals surface area contributed by atoms with Crippen LogP contribution in [0.2, 0.25) is 0 Å². The molecule has 0 bridgehead atoms. The Morgan fingerprint density at radius 1 is 1.04 bits per heavy atom. The Balaban J connectivity index is 1.58. The van der Waals surface area contributed by atoms with E-state index in [-0.39, 0.29) is 0 Å². The zero-order valence-electron chi connectivity index (χ0n) is 16.1. The third-order valence-corrected chi connectivity index (χ3v) is 5.50. The molecule has 0 aromatic carbocycles. The summed E-state index contributed by atoms with van der Waals surface area (Å²) in [5, 5.41) is 0. The number of fused-ring (bicyclic) bond motifs is 1. The highest BCUT2D eigenvalue weighted by Crippen LogP contribution is 2.27. The summed E-state index contributed by atoms with van der Waals surface area (Å²) in [4.78, 5) is 21.4. The summed E-state index contributed by atoms with van der Waals surface area (Å²) in [6.45, 7) is 5.09. The van der Waals surface area contributed by atoms with Crippen molar-refractivity contribution in [2.45, 2.75) is 32.2 Å². The van der Waals surface area contributed by atoms with Crippen molar-refractivity contribution in [3.8, 4) is 0 Å². The molecule has 26 heavy (non-hydrogen) atoms. The molecule has 2 aromatic heterocycles. The molecule has 0 unspecified atom stereocenters. The van der Waals surface area contributed by atoms with Crippen LogP contribution >= 0.6 is 0 Å². The van der Waals surface area contributed by atoms with Crippen molar-refractivity contribution in [3.05, 3.63) is 29.5 Å². The van der Waals surface area contributed by atoms with E-state index in [0.717, 1.165) is 63.2 Å². The van der Waals surface area contributed by atoms with Crippen molar-refractivity contribution >= 4 is 11.8 Å². The average Bonchev–Trinajstić information content (AvgIpc) is 3.25. The van der Waals surface area contributed by atoms with Crippen LogP contribution in [-0.4, -0.2) is 64.7 Å². The van der Waals surface area contributed by atoms with Gasteiger partial charge in [-0.05, 0) is 19.3 Å². The van der Waals surface area contributed by atoms with E-state index in [1.165, 1.54) is 24.1 Å². The first-order valence-corrected chi connectivity index (χ1v) is 9.62. The van der Waals surface area contributed by atoms with Crippen LogP contribution in [0.3, 0.4) is 0 Å². The summed E-state index contributed by atoms with van der Waals surface area (Å²) in [6, 6.07) is 0. The fraction of sp³-hybridized carbons (Fsp3) is 0.632. The third-order valence-electron chi connectivity index (χ3n) is 5.50. The highest BCUT2D eigenvalue weighted by molar-refractivity contribution is 5.53. The van der Waals surface area contributed by atoms with Crippen LogP contribution < -0.4 is 9.80 Å². The van der Waals surface area contributed by atoms with Crippen molar-refractivity contribution < 1.29 is 0 Å². The summed E-state index contributed by atoms with van der Waals surface area (Å²) in [6.07, 6.45) is 8.35. The van der Waals surface area contributed by atoms with Gasteiger partial charge in [0.05, 0.1) is 12.2 Å². The molecule has 0 atom stereocenters. The van der Waals surface area contributed by atoms with Gasteiger partial charge in [0, 0.05) is 71.7 Å². The van der Waals surface area contributed by atoms with Crippen LogP contribution in [0, 0.1) is 0 Å². The molecule has 0 saturated carbocycles. The van der Waals surface area contributed by atoms with E-state index < -0.39 is 0 Å². The van der Waals surface area contributed by atoms with Gasteiger partial charge in [-0.15, -0.1) is 0 Å². The summed E-state index contributed by atoms with van der Waals surface area (Å²) in [5.74, 6) is 3.13. The predicted octanol–water partition coefficient (Wildman–Crippen LogP) is 1.48. The molecule has 0 N–H and O–H groups in total. The standard InChI is InChI=1S/C19H29N7/c1-23(2)18-15-6-11-25(14-17-20-8-13-24(17)3)12-7-16(15)21-19(22-18)26-9-4-5-10-26/h8,13H,4-7,9-12,14H2,1-3H3. The number of anilines is 2. The number of rotatable bonds is 4. The molecule has 2 aromatic rings. The second-order valence-corrected chi connectivity index (χ2v) is 7.59. The predicted molar refractivity (Wildman–Crippen MR) is 104 cm³/mol. The van der Waals surface area contributed by atoms with Crippen LogP contribution in [0.25, 0.3) is 0 Å². The van der Waals surface area contributed by atoms with E-state index in [0.29, 0.717) is 0 Å². The molecular formula is C19H29N7. The van der Waals surface area contributed by atoms with Gasteiger partial charge in [-0.2, -0.15) is 4.98 Å². The van der Waals surface area contributed by atoms with Crippen molar-refractivity contribution in [1.82, 2.24) is 24.4 Å². The molecule has 1 saturated heterocycles. The van der Waals surface area contributed by atoms with Gasteiger partial charge < -0.3 is 14.4 Å². The zero-order chi connectivity index (χ0) is 18.1. The zero-order valence-corrected chi connectivity index (χ0v) is 16.1. The van der Waals surface area contributed by atoms with Gasteiger partial charge in [0.2, 0.25) is 5.95 Å². The van der Waals surface area contributed by atoms with Gasteiger partial charge in [-0.3, -0.25) is 4.90 Å². The van der Waals surface area contributed by atoms with Crippen LogP contribution in [0.5, 0.6) is 0 Å². The number of aryl methyl sites for hydroxylation is 1. The molecule has 140 valence electrons. The first-order valence-electron chi connectivity index (χ1n) is 9.62. The molecule has 0 radical (unpaired) electrons. The molecule has 4 rings (SSSR count). The maximum atomic E-state index is 4.99. The van der Waals surface area contributed by atoms with E-state index in [9.17, 15) is 0 Å². The Bertz CT molecular complexity index is 761. The van der Waals surface area contributed by atoms with E-state index >= 15 is 0 Å². The van der Waals surface area contributed by atoms with Gasteiger partial charge in [-0.25, -0.2) is 9.97 Å². The van der Waals surface area contributed by atoms with E-state index in [1.54, 1.807) is 0 Å². The molecule has 7 nitrogen and oxygen atoms in total. The molecule has 2 aliphatic rings. The lowest BCUT2D eigenvalue weighted by molar-refractivity contribution is 0.269. The Morgan fingerprint density at radius 3 is 2.50 bits per heavy atom. The molecule has 0 aliphatic carbocycles. The summed E-state index contributed by atoms with van der Waals surface area (Å²) in [7, 11) is 6.24. The highest BCUT2D eigenvalue weighted by Gasteiger charge is 2.24. The normalized spacial score (nSPS) is 18.0. The van der Waals surface area contributed by atoms with Crippen molar-refractivity contribution in [3.63, 3.8) is 0 Å². The molecule has 7 heteroatoms. The topological polar surface area (TPSA) is 53.3 Å². The molecule has 4 heterocycles. The van der Waals surface area contributed by atoms with Crippen LogP contribution in [0.15, 0.2) is 12.4 Å². The monoisotopic (exact) mass is 355 g/mol. The lowest BCUT2D eigenvalue weighted by Crippen LogP contribution is -2.27. The fourth-order valence-electron chi connectivity index (χ4n) is 3.95. The Hall–Kier alpha value is -2.15. The van der Waals surface area contributed by atoms with Crippen molar-refractivity contribution in [1.29, 1.82) is 0 Å². The van der Waals surface area contributed by atoms with E-state index in [1.807, 2.05) is 12.4 Å². The van der Waals surface area contributed by atoms with Crippen LogP contribution in [-0.2, 0) is 26.4 Å². The van der Waals surface area contributed by atoms with Gasteiger partial charge >= 0.3 is 0 Å². The minimum Gasteiger partial charge on any atom is -0.362 e. The number of aromatic nitrogens is 4. The molecule has 2 aliphatic heterocycles. The Labute approximate surface area is 155 Å². The van der Waals surface area contributed by atoms with E-state index in [4.69, 9.17) is 9.97 Å². The second kappa shape index (κ2) is 7.23. The number of hydrogen-bond acceptors (Lipinski definition) is 6. The van der Waals surface area contributed by atoms with Gasteiger partial charge in [0.1, 0.15) is 11.6 Å². The summed E-state index contributed by atoms with van der Waals surface area (Å²) >= 11 is 0. The molecular weight excluding hydrogens is 326 g/mol. The fourth-order valence-corrected chi connectivity index (χ4v) is 3.95. The lowest BCUT2D eigenvalue weighted by atomic mass is 10.1. The SMILES string of the molecule is CN(C)c1nc(N2CCCC2)nc2c1CCN(Cc1nccn1C)CC2. The minimum absolute atomic E-state index is 0.890. The summed E-state index contributed by atoms with van der Waals surface area (Å²) in [5.41, 5.74) is 2.55. The first-order chi connectivity index (χ1) is 12.6. The number of hydrogen-bond donors (Lipinski definition) is 0. The number of nitrogens with zero attached hydrogens (tertiary/aromatic N) is 7. The molecule has 0 amide bonds. The van der Waals surface area contributed by atoms with Gasteiger partial charge in [-0.1, -0.05) is 0 Å². The second-order valence-electron chi connectivity index (χ2n) is 7.59. The minimum atomic E-state index is 0.890. The first kappa shape index (κ1) is 17.3. The maximum Gasteiger partial charge on any atom is 0.227 e. The van der Waals surface area contributed by atoms with Crippen LogP contribution in [0.1, 0.15) is 29.9 Å². The Kier molecular flexibility index (Phi) is 4.80. The third kappa shape index (κ3) is 3.40. The smallest absolute Gasteiger partial charge is 0.227 e. The lowest BCUT2D eigenvalue weighted by Gasteiger charge is -2.22. The van der Waals surface area contributed by atoms with Gasteiger partial charge in [0.15, 0.2) is 0 Å². The number of imidazole rings is 1. The van der Waals surface area contributed by atoms with Crippen molar-refractivity contribution in [2.24, 2.45) is 7.05 Å².